The van der Waals surface area contributed by atoms with Gasteiger partial charge in [-0.05, 0) is 49.2 Å². The zero-order chi connectivity index (χ0) is 12.7. The standard InChI is InChI=1S/C15H13FN2/c1-9-6-11(8-12(16)7-9)15-17-13-5-3-4-10(2)14(13)18-15/h3-8H,1-2H3,(H,17,18). The Kier molecular flexibility index (Phi) is 2.40. The molecule has 0 amide bonds. The van der Waals surface area contributed by atoms with E-state index in [1.807, 2.05) is 38.1 Å². The van der Waals surface area contributed by atoms with Gasteiger partial charge in [0, 0.05) is 5.56 Å². The van der Waals surface area contributed by atoms with E-state index in [4.69, 9.17) is 0 Å². The average Bonchev–Trinajstić information content (AvgIpc) is 2.73. The molecule has 18 heavy (non-hydrogen) atoms. The molecule has 0 atom stereocenters. The van der Waals surface area contributed by atoms with Gasteiger partial charge in [0.2, 0.25) is 0 Å². The molecule has 0 aliphatic carbocycles. The van der Waals surface area contributed by atoms with Crippen molar-refractivity contribution < 1.29 is 4.39 Å². The maximum absolute atomic E-state index is 13.4. The summed E-state index contributed by atoms with van der Waals surface area (Å²) < 4.78 is 13.4. The lowest BCUT2D eigenvalue weighted by Crippen LogP contribution is -1.85. The molecule has 1 N–H and O–H groups in total. The first-order chi connectivity index (χ1) is 8.63. The minimum Gasteiger partial charge on any atom is -0.338 e. The Hall–Kier alpha value is -2.16. The molecule has 0 aliphatic heterocycles. The van der Waals surface area contributed by atoms with E-state index < -0.39 is 0 Å². The molecule has 0 saturated heterocycles. The number of nitrogens with zero attached hydrogens (tertiary/aromatic N) is 1. The Morgan fingerprint density at radius 1 is 1.11 bits per heavy atom. The zero-order valence-corrected chi connectivity index (χ0v) is 10.3. The number of aryl methyl sites for hydroxylation is 2. The molecule has 0 radical (unpaired) electrons. The second kappa shape index (κ2) is 3.95. The van der Waals surface area contributed by atoms with Crippen LogP contribution in [-0.2, 0) is 0 Å². The summed E-state index contributed by atoms with van der Waals surface area (Å²) in [5.41, 5.74) is 4.70. The van der Waals surface area contributed by atoms with Gasteiger partial charge in [-0.3, -0.25) is 0 Å². The number of hydrogen-bond acceptors (Lipinski definition) is 1. The van der Waals surface area contributed by atoms with E-state index >= 15 is 0 Å². The molecular formula is C15H13FN2. The molecule has 0 spiro atoms. The van der Waals surface area contributed by atoms with Crippen LogP contribution in [0.5, 0.6) is 0 Å². The fourth-order valence-corrected chi connectivity index (χ4v) is 2.19. The first-order valence-corrected chi connectivity index (χ1v) is 5.86. The third-order valence-corrected chi connectivity index (χ3v) is 3.03. The number of aromatic nitrogens is 2. The van der Waals surface area contributed by atoms with Gasteiger partial charge in [-0.1, -0.05) is 12.1 Å². The van der Waals surface area contributed by atoms with E-state index in [0.717, 1.165) is 27.7 Å². The van der Waals surface area contributed by atoms with Gasteiger partial charge in [0.1, 0.15) is 11.6 Å². The highest BCUT2D eigenvalue weighted by Crippen LogP contribution is 2.23. The fraction of sp³-hybridized carbons (Fsp3) is 0.133. The summed E-state index contributed by atoms with van der Waals surface area (Å²) in [4.78, 5) is 7.77. The van der Waals surface area contributed by atoms with Crippen LogP contribution in [-0.4, -0.2) is 9.97 Å². The molecule has 3 heteroatoms. The van der Waals surface area contributed by atoms with Crippen LogP contribution >= 0.6 is 0 Å². The highest BCUT2D eigenvalue weighted by Gasteiger charge is 2.08. The van der Waals surface area contributed by atoms with Gasteiger partial charge in [0.15, 0.2) is 0 Å². The van der Waals surface area contributed by atoms with E-state index in [0.29, 0.717) is 5.82 Å². The molecule has 0 unspecified atom stereocenters. The van der Waals surface area contributed by atoms with Gasteiger partial charge in [0.25, 0.3) is 0 Å². The number of para-hydroxylation sites is 1. The summed E-state index contributed by atoms with van der Waals surface area (Å²) >= 11 is 0. The van der Waals surface area contributed by atoms with Crippen LogP contribution in [0.25, 0.3) is 22.4 Å². The molecule has 3 aromatic rings. The number of fused-ring (bicyclic) bond motifs is 1. The van der Waals surface area contributed by atoms with Crippen molar-refractivity contribution >= 4 is 11.0 Å². The SMILES string of the molecule is Cc1cc(F)cc(-c2nc3c(C)cccc3[nH]2)c1. The van der Waals surface area contributed by atoms with Crippen molar-refractivity contribution in [1.82, 2.24) is 9.97 Å². The lowest BCUT2D eigenvalue weighted by molar-refractivity contribution is 0.627. The number of rotatable bonds is 1. The predicted octanol–water partition coefficient (Wildman–Crippen LogP) is 3.99. The minimum absolute atomic E-state index is 0.234. The number of hydrogen-bond donors (Lipinski definition) is 1. The highest BCUT2D eigenvalue weighted by molar-refractivity contribution is 5.82. The number of benzene rings is 2. The van der Waals surface area contributed by atoms with Crippen molar-refractivity contribution in [3.05, 3.63) is 53.3 Å². The first kappa shape index (κ1) is 11.0. The van der Waals surface area contributed by atoms with Crippen LogP contribution in [0.2, 0.25) is 0 Å². The van der Waals surface area contributed by atoms with Crippen LogP contribution in [0, 0.1) is 19.7 Å². The van der Waals surface area contributed by atoms with E-state index in [2.05, 4.69) is 9.97 Å². The maximum atomic E-state index is 13.4. The normalized spacial score (nSPS) is 11.1. The van der Waals surface area contributed by atoms with Crippen LogP contribution in [0.4, 0.5) is 4.39 Å². The Bertz CT molecular complexity index is 708. The highest BCUT2D eigenvalue weighted by atomic mass is 19.1. The summed E-state index contributed by atoms with van der Waals surface area (Å²) in [6, 6.07) is 10.9. The number of aromatic amines is 1. The summed E-state index contributed by atoms with van der Waals surface area (Å²) in [5, 5.41) is 0. The zero-order valence-electron chi connectivity index (χ0n) is 10.3. The van der Waals surface area contributed by atoms with Crippen molar-refractivity contribution in [2.75, 3.05) is 0 Å². The third-order valence-electron chi connectivity index (χ3n) is 3.03. The minimum atomic E-state index is -0.234. The number of halogens is 1. The Morgan fingerprint density at radius 3 is 2.67 bits per heavy atom. The van der Waals surface area contributed by atoms with Crippen molar-refractivity contribution in [1.29, 1.82) is 0 Å². The van der Waals surface area contributed by atoms with E-state index in [1.54, 1.807) is 0 Å². The summed E-state index contributed by atoms with van der Waals surface area (Å²) in [6.45, 7) is 3.89. The quantitative estimate of drug-likeness (QED) is 0.684. The lowest BCUT2D eigenvalue weighted by Gasteiger charge is -1.99. The van der Waals surface area contributed by atoms with E-state index in [-0.39, 0.29) is 5.82 Å². The smallest absolute Gasteiger partial charge is 0.138 e. The topological polar surface area (TPSA) is 28.7 Å². The molecule has 2 nitrogen and oxygen atoms in total. The van der Waals surface area contributed by atoms with Gasteiger partial charge < -0.3 is 4.98 Å². The fourth-order valence-electron chi connectivity index (χ4n) is 2.19. The van der Waals surface area contributed by atoms with Crippen molar-refractivity contribution in [3.8, 4) is 11.4 Å². The molecule has 0 aliphatic rings. The van der Waals surface area contributed by atoms with Crippen molar-refractivity contribution in [3.63, 3.8) is 0 Å². The monoisotopic (exact) mass is 240 g/mol. The van der Waals surface area contributed by atoms with Crippen LogP contribution < -0.4 is 0 Å². The molecule has 2 aromatic carbocycles. The first-order valence-electron chi connectivity index (χ1n) is 5.86. The van der Waals surface area contributed by atoms with Crippen LogP contribution in [0.3, 0.4) is 0 Å². The number of imidazole rings is 1. The molecule has 1 heterocycles. The number of H-pyrrole nitrogens is 1. The molecule has 0 bridgehead atoms. The van der Waals surface area contributed by atoms with E-state index in [1.165, 1.54) is 12.1 Å². The van der Waals surface area contributed by atoms with Crippen LogP contribution in [0.1, 0.15) is 11.1 Å². The molecule has 0 saturated carbocycles. The average molecular weight is 240 g/mol. The Balaban J connectivity index is 2.22. The largest absolute Gasteiger partial charge is 0.338 e. The molecule has 90 valence electrons. The Morgan fingerprint density at radius 2 is 1.94 bits per heavy atom. The van der Waals surface area contributed by atoms with Gasteiger partial charge in [0.05, 0.1) is 11.0 Å². The third kappa shape index (κ3) is 1.78. The lowest BCUT2D eigenvalue weighted by atomic mass is 10.1. The van der Waals surface area contributed by atoms with Crippen molar-refractivity contribution in [2.45, 2.75) is 13.8 Å². The summed E-state index contributed by atoms with van der Waals surface area (Å²) in [5.74, 6) is 0.476. The van der Waals surface area contributed by atoms with Gasteiger partial charge in [-0.2, -0.15) is 0 Å². The van der Waals surface area contributed by atoms with Crippen molar-refractivity contribution in [2.24, 2.45) is 0 Å². The summed E-state index contributed by atoms with van der Waals surface area (Å²) in [7, 11) is 0. The molecule has 0 fully saturated rings. The second-order valence-electron chi connectivity index (χ2n) is 4.57. The van der Waals surface area contributed by atoms with E-state index in [9.17, 15) is 4.39 Å². The number of nitrogens with one attached hydrogen (secondary N) is 1. The van der Waals surface area contributed by atoms with Gasteiger partial charge >= 0.3 is 0 Å². The Labute approximate surface area is 104 Å². The molecule has 3 rings (SSSR count). The second-order valence-corrected chi connectivity index (χ2v) is 4.57. The maximum Gasteiger partial charge on any atom is 0.138 e. The van der Waals surface area contributed by atoms with Gasteiger partial charge in [-0.15, -0.1) is 0 Å². The molecule has 1 aromatic heterocycles. The molecular weight excluding hydrogens is 227 g/mol. The summed E-state index contributed by atoms with van der Waals surface area (Å²) in [6.07, 6.45) is 0. The van der Waals surface area contributed by atoms with Gasteiger partial charge in [-0.25, -0.2) is 9.37 Å². The van der Waals surface area contributed by atoms with Crippen LogP contribution in [0.15, 0.2) is 36.4 Å². The predicted molar refractivity (Wildman–Crippen MR) is 71.0 cm³/mol.